The molecule has 3 aromatic rings. The molecule has 0 radical (unpaired) electrons. The smallest absolute Gasteiger partial charge is 0.233 e. The minimum Gasteiger partial charge on any atom is -0.341 e. The summed E-state index contributed by atoms with van der Waals surface area (Å²) < 4.78 is 1.97. The molecule has 0 aliphatic heterocycles. The van der Waals surface area contributed by atoms with Crippen molar-refractivity contribution in [1.29, 1.82) is 0 Å². The topological polar surface area (TPSA) is 38.1 Å². The first kappa shape index (κ1) is 17.5. The summed E-state index contributed by atoms with van der Waals surface area (Å²) in [5, 5.41) is 4.71. The van der Waals surface area contributed by atoms with Gasteiger partial charge in [0.05, 0.1) is 16.8 Å². The maximum Gasteiger partial charge on any atom is 0.233 e. The maximum atomic E-state index is 13.2. The van der Waals surface area contributed by atoms with Gasteiger partial charge in [-0.25, -0.2) is 4.68 Å². The molecule has 138 valence electrons. The summed E-state index contributed by atoms with van der Waals surface area (Å²) in [6, 6.07) is 20.3. The number of carbonyl (C=O) groups is 1. The quantitative estimate of drug-likeness (QED) is 0.685. The van der Waals surface area contributed by atoms with Crippen molar-refractivity contribution in [3.05, 3.63) is 83.2 Å². The Kier molecular flexibility index (Phi) is 4.34. The van der Waals surface area contributed by atoms with E-state index < -0.39 is 0 Å². The van der Waals surface area contributed by atoms with Crippen molar-refractivity contribution in [1.82, 2.24) is 14.7 Å². The molecule has 1 saturated carbocycles. The van der Waals surface area contributed by atoms with Crippen LogP contribution in [0, 0.1) is 13.8 Å². The van der Waals surface area contributed by atoms with Crippen LogP contribution in [0.2, 0.25) is 0 Å². The van der Waals surface area contributed by atoms with E-state index >= 15 is 0 Å². The fourth-order valence-electron chi connectivity index (χ4n) is 3.91. The number of likely N-dealkylation sites (N-methyl/N-ethyl adjacent to an activating group) is 1. The van der Waals surface area contributed by atoms with Crippen LogP contribution >= 0.6 is 0 Å². The molecule has 0 bridgehead atoms. The Bertz CT molecular complexity index is 956. The van der Waals surface area contributed by atoms with Gasteiger partial charge in [-0.05, 0) is 44.4 Å². The zero-order valence-corrected chi connectivity index (χ0v) is 16.1. The van der Waals surface area contributed by atoms with Gasteiger partial charge in [0.1, 0.15) is 0 Å². The van der Waals surface area contributed by atoms with Crippen molar-refractivity contribution in [3.8, 4) is 5.69 Å². The van der Waals surface area contributed by atoms with Crippen LogP contribution in [0.3, 0.4) is 0 Å². The molecule has 0 saturated heterocycles. The third-order valence-corrected chi connectivity index (χ3v) is 5.67. The summed E-state index contributed by atoms with van der Waals surface area (Å²) in [6.45, 7) is 4.67. The van der Waals surface area contributed by atoms with Crippen LogP contribution in [0.5, 0.6) is 0 Å². The van der Waals surface area contributed by atoms with E-state index in [1.807, 2.05) is 72.1 Å². The summed E-state index contributed by atoms with van der Waals surface area (Å²) in [7, 11) is 1.91. The van der Waals surface area contributed by atoms with E-state index in [0.717, 1.165) is 41.0 Å². The molecular formula is C23H25N3O. The highest BCUT2D eigenvalue weighted by molar-refractivity contribution is 5.91. The van der Waals surface area contributed by atoms with Gasteiger partial charge in [0.15, 0.2) is 0 Å². The Balaban J connectivity index is 1.58. The van der Waals surface area contributed by atoms with E-state index in [2.05, 4.69) is 19.1 Å². The lowest BCUT2D eigenvalue weighted by Crippen LogP contribution is -2.36. The monoisotopic (exact) mass is 359 g/mol. The van der Waals surface area contributed by atoms with Crippen LogP contribution < -0.4 is 0 Å². The van der Waals surface area contributed by atoms with Crippen LogP contribution in [0.15, 0.2) is 60.7 Å². The van der Waals surface area contributed by atoms with Crippen molar-refractivity contribution in [3.63, 3.8) is 0 Å². The van der Waals surface area contributed by atoms with Crippen molar-refractivity contribution in [2.24, 2.45) is 0 Å². The minimum atomic E-state index is -0.326. The molecule has 1 aliphatic rings. The number of para-hydroxylation sites is 1. The van der Waals surface area contributed by atoms with Gasteiger partial charge in [-0.2, -0.15) is 5.10 Å². The van der Waals surface area contributed by atoms with E-state index in [1.54, 1.807) is 0 Å². The van der Waals surface area contributed by atoms with Crippen molar-refractivity contribution in [2.75, 3.05) is 7.05 Å². The largest absolute Gasteiger partial charge is 0.341 e. The lowest BCUT2D eigenvalue weighted by molar-refractivity contribution is -0.133. The lowest BCUT2D eigenvalue weighted by Gasteiger charge is -2.24. The third kappa shape index (κ3) is 3.05. The molecule has 4 heteroatoms. The number of rotatable bonds is 5. The second kappa shape index (κ2) is 6.69. The number of carbonyl (C=O) groups excluding carboxylic acids is 1. The van der Waals surface area contributed by atoms with Crippen LogP contribution in [0.4, 0.5) is 0 Å². The Morgan fingerprint density at radius 1 is 1.04 bits per heavy atom. The van der Waals surface area contributed by atoms with E-state index in [-0.39, 0.29) is 11.3 Å². The second-order valence-electron chi connectivity index (χ2n) is 7.51. The first-order valence-corrected chi connectivity index (χ1v) is 9.44. The van der Waals surface area contributed by atoms with Gasteiger partial charge in [-0.15, -0.1) is 0 Å². The zero-order chi connectivity index (χ0) is 19.0. The average Bonchev–Trinajstić information content (AvgIpc) is 3.47. The third-order valence-electron chi connectivity index (χ3n) is 5.67. The summed E-state index contributed by atoms with van der Waals surface area (Å²) in [4.78, 5) is 15.1. The molecule has 0 spiro atoms. The Labute approximate surface area is 160 Å². The first-order chi connectivity index (χ1) is 13.0. The Morgan fingerprint density at radius 3 is 2.22 bits per heavy atom. The van der Waals surface area contributed by atoms with Gasteiger partial charge in [0, 0.05) is 24.8 Å². The molecule has 4 nitrogen and oxygen atoms in total. The number of hydrogen-bond donors (Lipinski definition) is 0. The highest BCUT2D eigenvalue weighted by atomic mass is 16.2. The second-order valence-corrected chi connectivity index (χ2v) is 7.51. The summed E-state index contributed by atoms with van der Waals surface area (Å²) in [5.41, 5.74) is 5.03. The number of hydrogen-bond acceptors (Lipinski definition) is 2. The van der Waals surface area contributed by atoms with E-state index in [1.165, 1.54) is 0 Å². The van der Waals surface area contributed by atoms with Gasteiger partial charge in [-0.1, -0.05) is 48.5 Å². The van der Waals surface area contributed by atoms with E-state index in [4.69, 9.17) is 5.10 Å². The molecule has 0 atom stereocenters. The van der Waals surface area contributed by atoms with Gasteiger partial charge < -0.3 is 4.90 Å². The number of benzene rings is 2. The normalized spacial score (nSPS) is 14.8. The molecular weight excluding hydrogens is 334 g/mol. The lowest BCUT2D eigenvalue weighted by atomic mass is 9.94. The molecule has 4 rings (SSSR count). The number of amides is 1. The molecule has 27 heavy (non-hydrogen) atoms. The van der Waals surface area contributed by atoms with E-state index in [9.17, 15) is 4.79 Å². The molecule has 2 aromatic carbocycles. The number of aryl methyl sites for hydroxylation is 1. The van der Waals surface area contributed by atoms with Crippen LogP contribution in [-0.4, -0.2) is 27.6 Å². The molecule has 1 aliphatic carbocycles. The highest BCUT2D eigenvalue weighted by Gasteiger charge is 2.52. The minimum absolute atomic E-state index is 0.208. The van der Waals surface area contributed by atoms with Gasteiger partial charge in [-0.3, -0.25) is 4.79 Å². The molecule has 0 N–H and O–H groups in total. The summed E-state index contributed by atoms with van der Waals surface area (Å²) in [6.07, 6.45) is 1.86. The fraction of sp³-hybridized carbons (Fsp3) is 0.304. The maximum absolute atomic E-state index is 13.2. The molecule has 1 aromatic heterocycles. The molecule has 1 heterocycles. The molecule has 1 amide bonds. The SMILES string of the molecule is Cc1nn(-c2ccccc2)c(C)c1CN(C)C(=O)C1(c2ccccc2)CC1. The van der Waals surface area contributed by atoms with Crippen molar-refractivity contribution < 1.29 is 4.79 Å². The molecule has 0 unspecified atom stereocenters. The Hall–Kier alpha value is -2.88. The van der Waals surface area contributed by atoms with Crippen LogP contribution in [-0.2, 0) is 16.8 Å². The predicted molar refractivity (Wildman–Crippen MR) is 107 cm³/mol. The molecule has 1 fully saturated rings. The zero-order valence-electron chi connectivity index (χ0n) is 16.1. The fourth-order valence-corrected chi connectivity index (χ4v) is 3.91. The summed E-state index contributed by atoms with van der Waals surface area (Å²) >= 11 is 0. The van der Waals surface area contributed by atoms with Crippen LogP contribution in [0.1, 0.15) is 35.4 Å². The first-order valence-electron chi connectivity index (χ1n) is 9.44. The average molecular weight is 359 g/mol. The van der Waals surface area contributed by atoms with Gasteiger partial charge >= 0.3 is 0 Å². The van der Waals surface area contributed by atoms with Gasteiger partial charge in [0.25, 0.3) is 0 Å². The van der Waals surface area contributed by atoms with Gasteiger partial charge in [0.2, 0.25) is 5.91 Å². The highest BCUT2D eigenvalue weighted by Crippen LogP contribution is 2.49. The van der Waals surface area contributed by atoms with Crippen LogP contribution in [0.25, 0.3) is 5.69 Å². The number of aromatic nitrogens is 2. The predicted octanol–water partition coefficient (Wildman–Crippen LogP) is 4.18. The Morgan fingerprint density at radius 2 is 1.63 bits per heavy atom. The van der Waals surface area contributed by atoms with Crippen molar-refractivity contribution >= 4 is 5.91 Å². The van der Waals surface area contributed by atoms with Crippen molar-refractivity contribution in [2.45, 2.75) is 38.6 Å². The van der Waals surface area contributed by atoms with E-state index in [0.29, 0.717) is 6.54 Å². The standard InChI is InChI=1S/C23H25N3O/c1-17-21(18(2)26(24-17)20-12-8-5-9-13-20)16-25(3)22(27)23(14-15-23)19-10-6-4-7-11-19/h4-13H,14-16H2,1-3H3. The number of nitrogens with zero attached hydrogens (tertiary/aromatic N) is 3. The summed E-state index contributed by atoms with van der Waals surface area (Å²) in [5.74, 6) is 0.208.